The molecule has 106 valence electrons. The Labute approximate surface area is 119 Å². The number of halogens is 1. The van der Waals surface area contributed by atoms with Gasteiger partial charge < -0.3 is 14.2 Å². The Morgan fingerprint density at radius 3 is 2.74 bits per heavy atom. The van der Waals surface area contributed by atoms with Gasteiger partial charge in [-0.3, -0.25) is 4.79 Å². The molecule has 19 heavy (non-hydrogen) atoms. The largest absolute Gasteiger partial charge is 0.466 e. The van der Waals surface area contributed by atoms with E-state index in [1.165, 1.54) is 0 Å². The van der Waals surface area contributed by atoms with E-state index in [4.69, 9.17) is 16.0 Å². The molecule has 4 nitrogen and oxygen atoms in total. The summed E-state index contributed by atoms with van der Waals surface area (Å²) in [5.41, 5.74) is 0.697. The van der Waals surface area contributed by atoms with E-state index >= 15 is 0 Å². The molecule has 0 spiro atoms. The summed E-state index contributed by atoms with van der Waals surface area (Å²) in [5, 5.41) is 0. The van der Waals surface area contributed by atoms with Crippen LogP contribution in [0.25, 0.3) is 0 Å². The molecule has 1 aliphatic heterocycles. The average molecular weight is 285 g/mol. The van der Waals surface area contributed by atoms with E-state index in [1.807, 2.05) is 24.8 Å². The predicted octanol–water partition coefficient (Wildman–Crippen LogP) is 2.28. The first-order valence-corrected chi connectivity index (χ1v) is 7.30. The number of carbonyl (C=O) groups excluding carboxylic acids is 1. The Hall–Kier alpha value is -1.00. The van der Waals surface area contributed by atoms with Gasteiger partial charge in [0.15, 0.2) is 0 Å². The van der Waals surface area contributed by atoms with Crippen molar-refractivity contribution in [2.75, 3.05) is 38.6 Å². The van der Waals surface area contributed by atoms with Gasteiger partial charge in [0.2, 0.25) is 0 Å². The van der Waals surface area contributed by atoms with Crippen molar-refractivity contribution >= 4 is 17.5 Å². The van der Waals surface area contributed by atoms with Gasteiger partial charge in [0.05, 0.1) is 5.56 Å². The van der Waals surface area contributed by atoms with Crippen molar-refractivity contribution in [3.8, 4) is 0 Å². The van der Waals surface area contributed by atoms with Crippen molar-refractivity contribution in [1.82, 2.24) is 9.80 Å². The third-order valence-electron chi connectivity index (χ3n) is 3.55. The maximum absolute atomic E-state index is 12.5. The van der Waals surface area contributed by atoms with Gasteiger partial charge >= 0.3 is 0 Å². The zero-order chi connectivity index (χ0) is 13.8. The topological polar surface area (TPSA) is 36.7 Å². The highest BCUT2D eigenvalue weighted by molar-refractivity contribution is 6.18. The van der Waals surface area contributed by atoms with Crippen molar-refractivity contribution in [2.45, 2.75) is 20.3 Å². The van der Waals surface area contributed by atoms with Crippen LogP contribution >= 0.6 is 11.6 Å². The molecule has 5 heteroatoms. The van der Waals surface area contributed by atoms with E-state index in [2.05, 4.69) is 4.90 Å². The quantitative estimate of drug-likeness (QED) is 0.799. The molecule has 0 radical (unpaired) electrons. The molecule has 1 aromatic heterocycles. The van der Waals surface area contributed by atoms with Gasteiger partial charge in [-0.1, -0.05) is 0 Å². The molecule has 1 fully saturated rings. The van der Waals surface area contributed by atoms with E-state index in [1.54, 1.807) is 0 Å². The number of rotatable bonds is 3. The van der Waals surface area contributed by atoms with Gasteiger partial charge in [0, 0.05) is 32.1 Å². The number of hydrogen-bond donors (Lipinski definition) is 0. The van der Waals surface area contributed by atoms with E-state index in [0.717, 1.165) is 44.9 Å². The van der Waals surface area contributed by atoms with E-state index in [0.29, 0.717) is 17.2 Å². The summed E-state index contributed by atoms with van der Waals surface area (Å²) in [6, 6.07) is 1.83. The van der Waals surface area contributed by atoms with Crippen LogP contribution in [0.15, 0.2) is 10.5 Å². The second kappa shape index (κ2) is 6.44. The molecule has 2 rings (SSSR count). The number of aryl methyl sites for hydroxylation is 2. The lowest BCUT2D eigenvalue weighted by molar-refractivity contribution is 0.0760. The van der Waals surface area contributed by atoms with Crippen molar-refractivity contribution in [3.63, 3.8) is 0 Å². The minimum atomic E-state index is 0.0853. The first kappa shape index (κ1) is 14.4. The molecular weight excluding hydrogens is 264 g/mol. The van der Waals surface area contributed by atoms with Crippen LogP contribution in [0, 0.1) is 13.8 Å². The number of furan rings is 1. The van der Waals surface area contributed by atoms with Gasteiger partial charge in [-0.05, 0) is 32.9 Å². The second-order valence-electron chi connectivity index (χ2n) is 5.00. The molecule has 0 bridgehead atoms. The van der Waals surface area contributed by atoms with Crippen LogP contribution in [0.3, 0.4) is 0 Å². The lowest BCUT2D eigenvalue weighted by atomic mass is 10.2. The van der Waals surface area contributed by atoms with Gasteiger partial charge in [-0.15, -0.1) is 11.6 Å². The third-order valence-corrected chi connectivity index (χ3v) is 3.72. The van der Waals surface area contributed by atoms with Crippen LogP contribution in [0.2, 0.25) is 0 Å². The van der Waals surface area contributed by atoms with Crippen molar-refractivity contribution < 1.29 is 9.21 Å². The SMILES string of the molecule is Cc1cc(C(=O)N2CCCN(CCCl)CC2)c(C)o1. The summed E-state index contributed by atoms with van der Waals surface area (Å²) in [5.74, 6) is 2.24. The Kier molecular flexibility index (Phi) is 4.88. The highest BCUT2D eigenvalue weighted by atomic mass is 35.5. The second-order valence-corrected chi connectivity index (χ2v) is 5.38. The Morgan fingerprint density at radius 1 is 1.32 bits per heavy atom. The standard InChI is InChI=1S/C14H21ClN2O2/c1-11-10-13(12(2)19-11)14(18)17-6-3-5-16(7-4-15)8-9-17/h10H,3-9H2,1-2H3. The van der Waals surface area contributed by atoms with Crippen molar-refractivity contribution in [2.24, 2.45) is 0 Å². The Balaban J connectivity index is 2.02. The highest BCUT2D eigenvalue weighted by Gasteiger charge is 2.22. The zero-order valence-electron chi connectivity index (χ0n) is 11.6. The minimum absolute atomic E-state index is 0.0853. The lowest BCUT2D eigenvalue weighted by Crippen LogP contribution is -2.35. The van der Waals surface area contributed by atoms with Gasteiger partial charge in [-0.2, -0.15) is 0 Å². The van der Waals surface area contributed by atoms with Crippen LogP contribution in [0.5, 0.6) is 0 Å². The Morgan fingerprint density at radius 2 is 2.11 bits per heavy atom. The number of hydrogen-bond acceptors (Lipinski definition) is 3. The lowest BCUT2D eigenvalue weighted by Gasteiger charge is -2.21. The molecular formula is C14H21ClN2O2. The van der Waals surface area contributed by atoms with Gasteiger partial charge in [0.25, 0.3) is 5.91 Å². The van der Waals surface area contributed by atoms with Crippen LogP contribution in [0.4, 0.5) is 0 Å². The summed E-state index contributed by atoms with van der Waals surface area (Å²) < 4.78 is 5.44. The molecule has 0 aliphatic carbocycles. The summed E-state index contributed by atoms with van der Waals surface area (Å²) in [7, 11) is 0. The maximum atomic E-state index is 12.5. The summed E-state index contributed by atoms with van der Waals surface area (Å²) in [4.78, 5) is 16.7. The molecule has 0 atom stereocenters. The molecule has 0 aromatic carbocycles. The van der Waals surface area contributed by atoms with Crippen LogP contribution < -0.4 is 0 Å². The highest BCUT2D eigenvalue weighted by Crippen LogP contribution is 2.17. The third kappa shape index (κ3) is 3.51. The van der Waals surface area contributed by atoms with Gasteiger partial charge in [-0.25, -0.2) is 0 Å². The first-order valence-electron chi connectivity index (χ1n) is 6.76. The van der Waals surface area contributed by atoms with Crippen LogP contribution in [-0.2, 0) is 0 Å². The van der Waals surface area contributed by atoms with Crippen LogP contribution in [-0.4, -0.2) is 54.3 Å². The van der Waals surface area contributed by atoms with Gasteiger partial charge in [0.1, 0.15) is 11.5 Å². The fourth-order valence-electron chi connectivity index (χ4n) is 2.53. The molecule has 0 saturated carbocycles. The molecule has 1 saturated heterocycles. The van der Waals surface area contributed by atoms with E-state index in [9.17, 15) is 4.79 Å². The summed E-state index contributed by atoms with van der Waals surface area (Å²) in [6.07, 6.45) is 0.999. The summed E-state index contributed by atoms with van der Waals surface area (Å²) >= 11 is 5.77. The monoisotopic (exact) mass is 284 g/mol. The maximum Gasteiger partial charge on any atom is 0.257 e. The normalized spacial score (nSPS) is 17.5. The molecule has 2 heterocycles. The Bertz CT molecular complexity index is 445. The minimum Gasteiger partial charge on any atom is -0.466 e. The van der Waals surface area contributed by atoms with Crippen molar-refractivity contribution in [3.05, 3.63) is 23.2 Å². The predicted molar refractivity (Wildman–Crippen MR) is 75.9 cm³/mol. The van der Waals surface area contributed by atoms with E-state index in [-0.39, 0.29) is 5.91 Å². The number of amides is 1. The summed E-state index contributed by atoms with van der Waals surface area (Å²) in [6.45, 7) is 8.09. The molecule has 1 amide bonds. The smallest absolute Gasteiger partial charge is 0.257 e. The molecule has 1 aromatic rings. The van der Waals surface area contributed by atoms with Crippen molar-refractivity contribution in [1.29, 1.82) is 0 Å². The first-order chi connectivity index (χ1) is 9.11. The fourth-order valence-corrected chi connectivity index (χ4v) is 2.77. The number of carbonyl (C=O) groups is 1. The number of nitrogens with zero attached hydrogens (tertiary/aromatic N) is 2. The zero-order valence-corrected chi connectivity index (χ0v) is 12.4. The van der Waals surface area contributed by atoms with E-state index < -0.39 is 0 Å². The molecule has 0 unspecified atom stereocenters. The molecule has 0 N–H and O–H groups in total. The van der Waals surface area contributed by atoms with Crippen LogP contribution in [0.1, 0.15) is 28.3 Å². The number of alkyl halides is 1. The molecule has 1 aliphatic rings. The average Bonchev–Trinajstić information content (AvgIpc) is 2.59. The fraction of sp³-hybridized carbons (Fsp3) is 0.643.